The highest BCUT2D eigenvalue weighted by molar-refractivity contribution is 6.35. The van der Waals surface area contributed by atoms with Gasteiger partial charge in [0.2, 0.25) is 0 Å². The number of fused-ring (bicyclic) bond motifs is 1. The molecule has 0 aliphatic heterocycles. The molecule has 1 heterocycles. The fourth-order valence-electron chi connectivity index (χ4n) is 2.80. The molecule has 2 nitrogen and oxygen atoms in total. The van der Waals surface area contributed by atoms with Crippen molar-refractivity contribution in [2.45, 2.75) is 27.3 Å². The van der Waals surface area contributed by atoms with Crippen molar-refractivity contribution in [2.75, 3.05) is 0 Å². The van der Waals surface area contributed by atoms with Crippen LogP contribution < -0.4 is 0 Å². The number of nitrogens with zero attached hydrogens (tertiary/aromatic N) is 1. The summed E-state index contributed by atoms with van der Waals surface area (Å²) in [4.78, 5) is 12.8. The molecule has 2 aromatic carbocycles. The molecule has 0 saturated carbocycles. The first-order valence-electron chi connectivity index (χ1n) is 7.84. The van der Waals surface area contributed by atoms with Gasteiger partial charge in [-0.1, -0.05) is 68.2 Å². The van der Waals surface area contributed by atoms with E-state index in [1.807, 2.05) is 63.4 Å². The zero-order chi connectivity index (χ0) is 17.5. The van der Waals surface area contributed by atoms with E-state index in [1.54, 1.807) is 6.07 Å². The third-order valence-corrected chi connectivity index (χ3v) is 4.66. The maximum absolute atomic E-state index is 12.8. The van der Waals surface area contributed by atoms with E-state index in [9.17, 15) is 4.79 Å². The first-order chi connectivity index (χ1) is 11.3. The van der Waals surface area contributed by atoms with Gasteiger partial charge in [0, 0.05) is 44.7 Å². The van der Waals surface area contributed by atoms with E-state index in [-0.39, 0.29) is 5.78 Å². The topological polar surface area (TPSA) is 22.0 Å². The molecule has 124 valence electrons. The summed E-state index contributed by atoms with van der Waals surface area (Å²) in [7, 11) is 0. The van der Waals surface area contributed by atoms with Crippen molar-refractivity contribution < 1.29 is 4.79 Å². The highest BCUT2D eigenvalue weighted by atomic mass is 35.5. The molecule has 0 saturated heterocycles. The first kappa shape index (κ1) is 17.1. The average molecular weight is 360 g/mol. The van der Waals surface area contributed by atoms with Crippen molar-refractivity contribution in [3.8, 4) is 0 Å². The second kappa shape index (κ2) is 6.27. The Kier molecular flexibility index (Phi) is 4.46. The Morgan fingerprint density at radius 1 is 1.08 bits per heavy atom. The maximum atomic E-state index is 12.8. The molecular weight excluding hydrogens is 341 g/mol. The van der Waals surface area contributed by atoms with Crippen molar-refractivity contribution in [1.82, 2.24) is 4.57 Å². The van der Waals surface area contributed by atoms with Crippen LogP contribution in [0.4, 0.5) is 0 Å². The largest absolute Gasteiger partial charge is 0.342 e. The van der Waals surface area contributed by atoms with E-state index in [4.69, 9.17) is 23.2 Å². The van der Waals surface area contributed by atoms with Crippen LogP contribution in [0.3, 0.4) is 0 Å². The zero-order valence-electron chi connectivity index (χ0n) is 13.9. The van der Waals surface area contributed by atoms with E-state index in [0.29, 0.717) is 16.6 Å². The third kappa shape index (κ3) is 3.22. The Balaban J connectivity index is 2.10. The molecule has 0 bridgehead atoms. The molecule has 0 radical (unpaired) electrons. The molecule has 0 aliphatic carbocycles. The second-order valence-electron chi connectivity index (χ2n) is 7.00. The number of benzene rings is 2. The Labute approximate surface area is 152 Å². The van der Waals surface area contributed by atoms with Gasteiger partial charge in [0.15, 0.2) is 5.78 Å². The van der Waals surface area contributed by atoms with Gasteiger partial charge in [-0.3, -0.25) is 4.79 Å². The van der Waals surface area contributed by atoms with Crippen LogP contribution in [0.5, 0.6) is 0 Å². The number of rotatable bonds is 3. The maximum Gasteiger partial charge on any atom is 0.170 e. The highest BCUT2D eigenvalue weighted by Gasteiger charge is 2.26. The molecular formula is C20H19Cl2NO. The minimum atomic E-state index is -0.424. The Hall–Kier alpha value is -1.77. The number of aromatic nitrogens is 1. The van der Waals surface area contributed by atoms with Crippen LogP contribution in [0, 0.1) is 5.41 Å². The average Bonchev–Trinajstić information content (AvgIpc) is 2.87. The van der Waals surface area contributed by atoms with E-state index in [2.05, 4.69) is 4.57 Å². The molecule has 0 fully saturated rings. The van der Waals surface area contributed by atoms with Crippen LogP contribution in [0.15, 0.2) is 48.7 Å². The number of ketones is 1. The Morgan fingerprint density at radius 2 is 1.79 bits per heavy atom. The normalized spacial score (nSPS) is 11.9. The Morgan fingerprint density at radius 3 is 2.46 bits per heavy atom. The van der Waals surface area contributed by atoms with Crippen LogP contribution in [-0.4, -0.2) is 10.4 Å². The molecule has 4 heteroatoms. The van der Waals surface area contributed by atoms with Crippen LogP contribution in [0.1, 0.15) is 36.7 Å². The van der Waals surface area contributed by atoms with Gasteiger partial charge in [0.05, 0.1) is 0 Å². The molecule has 0 aliphatic rings. The number of halogens is 2. The fraction of sp³-hybridized carbons (Fsp3) is 0.250. The van der Waals surface area contributed by atoms with E-state index >= 15 is 0 Å². The van der Waals surface area contributed by atoms with Crippen molar-refractivity contribution in [2.24, 2.45) is 5.41 Å². The number of carbonyl (C=O) groups is 1. The number of carbonyl (C=O) groups excluding carboxylic acids is 1. The minimum absolute atomic E-state index is 0.139. The minimum Gasteiger partial charge on any atom is -0.342 e. The van der Waals surface area contributed by atoms with E-state index < -0.39 is 5.41 Å². The lowest BCUT2D eigenvalue weighted by atomic mass is 9.86. The van der Waals surface area contributed by atoms with Crippen molar-refractivity contribution in [3.05, 3.63) is 69.8 Å². The summed E-state index contributed by atoms with van der Waals surface area (Å²) in [6.45, 7) is 6.42. The molecule has 0 unspecified atom stereocenters. The lowest BCUT2D eigenvalue weighted by molar-refractivity contribution is 0.0860. The second-order valence-corrected chi connectivity index (χ2v) is 7.85. The standard InChI is InChI=1S/C20H19Cl2NO/c1-20(2,3)19(24)16-12-23(18-7-5-4-6-15(16)18)11-13-8-9-14(21)10-17(13)22/h4-10,12H,11H2,1-3H3. The van der Waals surface area contributed by atoms with Crippen molar-refractivity contribution in [1.29, 1.82) is 0 Å². The van der Waals surface area contributed by atoms with Gasteiger partial charge in [-0.25, -0.2) is 0 Å². The fourth-order valence-corrected chi connectivity index (χ4v) is 3.26. The summed E-state index contributed by atoms with van der Waals surface area (Å²) in [5.74, 6) is 0.139. The van der Waals surface area contributed by atoms with Gasteiger partial charge in [-0.2, -0.15) is 0 Å². The quantitative estimate of drug-likeness (QED) is 0.508. The smallest absolute Gasteiger partial charge is 0.170 e. The van der Waals surface area contributed by atoms with Gasteiger partial charge < -0.3 is 4.57 Å². The summed E-state index contributed by atoms with van der Waals surface area (Å²) >= 11 is 12.3. The summed E-state index contributed by atoms with van der Waals surface area (Å²) in [6.07, 6.45) is 1.93. The summed E-state index contributed by atoms with van der Waals surface area (Å²) < 4.78 is 2.07. The highest BCUT2D eigenvalue weighted by Crippen LogP contribution is 2.30. The van der Waals surface area contributed by atoms with Crippen LogP contribution in [0.25, 0.3) is 10.9 Å². The number of Topliss-reactive ketones (excluding diaryl/α,β-unsaturated/α-hetero) is 1. The molecule has 24 heavy (non-hydrogen) atoms. The predicted molar refractivity (Wildman–Crippen MR) is 101 cm³/mol. The lowest BCUT2D eigenvalue weighted by Crippen LogP contribution is -2.19. The monoisotopic (exact) mass is 359 g/mol. The summed E-state index contributed by atoms with van der Waals surface area (Å²) in [6, 6.07) is 13.5. The van der Waals surface area contributed by atoms with Crippen molar-refractivity contribution >= 4 is 39.9 Å². The van der Waals surface area contributed by atoms with Crippen molar-refractivity contribution in [3.63, 3.8) is 0 Å². The van der Waals surface area contributed by atoms with Crippen LogP contribution in [-0.2, 0) is 6.54 Å². The molecule has 3 rings (SSSR count). The first-order valence-corrected chi connectivity index (χ1v) is 8.59. The number of hydrogen-bond acceptors (Lipinski definition) is 1. The zero-order valence-corrected chi connectivity index (χ0v) is 15.4. The van der Waals surface area contributed by atoms with Gasteiger partial charge in [-0.05, 0) is 23.8 Å². The SMILES string of the molecule is CC(C)(C)C(=O)c1cn(Cc2ccc(Cl)cc2Cl)c2ccccc12. The van der Waals surface area contributed by atoms with E-state index in [0.717, 1.165) is 22.0 Å². The molecule has 1 aromatic heterocycles. The lowest BCUT2D eigenvalue weighted by Gasteiger charge is -2.15. The molecule has 3 aromatic rings. The molecule has 0 spiro atoms. The third-order valence-electron chi connectivity index (χ3n) is 4.07. The van der Waals surface area contributed by atoms with E-state index in [1.165, 1.54) is 0 Å². The predicted octanol–water partition coefficient (Wildman–Crippen LogP) is 6.23. The molecule has 0 N–H and O–H groups in total. The number of hydrogen-bond donors (Lipinski definition) is 0. The van der Waals surface area contributed by atoms with Gasteiger partial charge in [0.1, 0.15) is 0 Å². The number of para-hydroxylation sites is 1. The molecule has 0 atom stereocenters. The van der Waals surface area contributed by atoms with Gasteiger partial charge in [-0.15, -0.1) is 0 Å². The summed E-state index contributed by atoms with van der Waals surface area (Å²) in [5.41, 5.74) is 2.32. The molecule has 0 amide bonds. The van der Waals surface area contributed by atoms with Crippen LogP contribution in [0.2, 0.25) is 10.0 Å². The van der Waals surface area contributed by atoms with Gasteiger partial charge >= 0.3 is 0 Å². The summed E-state index contributed by atoms with van der Waals surface area (Å²) in [5, 5.41) is 2.22. The Bertz CT molecular complexity index is 919. The van der Waals surface area contributed by atoms with Crippen LogP contribution >= 0.6 is 23.2 Å². The van der Waals surface area contributed by atoms with Gasteiger partial charge in [0.25, 0.3) is 0 Å².